The number of benzene rings is 1. The van der Waals surface area contributed by atoms with E-state index in [0.29, 0.717) is 16.1 Å². The van der Waals surface area contributed by atoms with E-state index in [9.17, 15) is 18.4 Å². The molecule has 0 unspecified atom stereocenters. The van der Waals surface area contributed by atoms with Gasteiger partial charge in [-0.3, -0.25) is 9.59 Å². The molecule has 0 bridgehead atoms. The molecule has 1 aromatic carbocycles. The summed E-state index contributed by atoms with van der Waals surface area (Å²) >= 11 is 1.39. The van der Waals surface area contributed by atoms with E-state index in [0.717, 1.165) is 36.1 Å². The van der Waals surface area contributed by atoms with Crippen LogP contribution in [0.2, 0.25) is 0 Å². The van der Waals surface area contributed by atoms with Crippen molar-refractivity contribution < 1.29 is 23.1 Å². The van der Waals surface area contributed by atoms with Crippen molar-refractivity contribution in [3.05, 3.63) is 51.9 Å². The van der Waals surface area contributed by atoms with E-state index in [1.54, 1.807) is 18.2 Å². The molecule has 0 spiro atoms. The summed E-state index contributed by atoms with van der Waals surface area (Å²) in [5, 5.41) is 3.20. The molecule has 5 nitrogen and oxygen atoms in total. The van der Waals surface area contributed by atoms with Crippen LogP contribution in [0.25, 0.3) is 6.08 Å². The lowest BCUT2D eigenvalue weighted by Crippen LogP contribution is -2.17. The van der Waals surface area contributed by atoms with Crippen LogP contribution in [0.4, 0.5) is 13.8 Å². The third-order valence-electron chi connectivity index (χ3n) is 4.19. The maximum absolute atomic E-state index is 12.2. The molecule has 142 valence electrons. The number of thiophene rings is 1. The van der Waals surface area contributed by atoms with E-state index in [1.165, 1.54) is 29.5 Å². The number of ether oxygens (including phenoxy) is 1. The van der Waals surface area contributed by atoms with E-state index in [4.69, 9.17) is 5.73 Å². The molecule has 3 rings (SSSR count). The molecule has 2 amide bonds. The summed E-state index contributed by atoms with van der Waals surface area (Å²) in [5.74, 6) is -0.894. The number of anilines is 1. The van der Waals surface area contributed by atoms with Crippen LogP contribution >= 0.6 is 11.3 Å². The highest BCUT2D eigenvalue weighted by atomic mass is 32.1. The predicted molar refractivity (Wildman–Crippen MR) is 100 cm³/mol. The Bertz CT molecular complexity index is 876. The van der Waals surface area contributed by atoms with Crippen LogP contribution in [0.3, 0.4) is 0 Å². The zero-order chi connectivity index (χ0) is 19.4. The van der Waals surface area contributed by atoms with Gasteiger partial charge in [0.25, 0.3) is 5.91 Å². The highest BCUT2D eigenvalue weighted by Crippen LogP contribution is 2.37. The fourth-order valence-corrected chi connectivity index (χ4v) is 4.30. The van der Waals surface area contributed by atoms with Gasteiger partial charge in [0.2, 0.25) is 5.91 Å². The molecule has 2 aromatic rings. The van der Waals surface area contributed by atoms with Gasteiger partial charge in [-0.25, -0.2) is 0 Å². The van der Waals surface area contributed by atoms with E-state index in [2.05, 4.69) is 10.1 Å². The lowest BCUT2D eigenvalue weighted by molar-refractivity contribution is -0.111. The van der Waals surface area contributed by atoms with Gasteiger partial charge in [0, 0.05) is 11.0 Å². The number of aryl methyl sites for hydroxylation is 1. The van der Waals surface area contributed by atoms with E-state index < -0.39 is 18.4 Å². The lowest BCUT2D eigenvalue weighted by atomic mass is 9.95. The van der Waals surface area contributed by atoms with Gasteiger partial charge in [-0.2, -0.15) is 8.78 Å². The van der Waals surface area contributed by atoms with Gasteiger partial charge >= 0.3 is 6.61 Å². The first-order valence-corrected chi connectivity index (χ1v) is 9.24. The number of rotatable bonds is 6. The molecule has 0 atom stereocenters. The van der Waals surface area contributed by atoms with E-state index in [1.807, 2.05) is 0 Å². The number of primary amides is 1. The average Bonchev–Trinajstić information content (AvgIpc) is 2.98. The lowest BCUT2D eigenvalue weighted by Gasteiger charge is -2.11. The number of nitrogens with two attached hydrogens (primary N) is 1. The molecule has 8 heteroatoms. The molecule has 1 aliphatic rings. The maximum Gasteiger partial charge on any atom is 0.387 e. The van der Waals surface area contributed by atoms with Crippen molar-refractivity contribution in [2.24, 2.45) is 5.73 Å². The van der Waals surface area contributed by atoms with E-state index >= 15 is 0 Å². The fraction of sp³-hybridized carbons (Fsp3) is 0.263. The average molecular weight is 392 g/mol. The van der Waals surface area contributed by atoms with Crippen molar-refractivity contribution in [2.45, 2.75) is 32.3 Å². The van der Waals surface area contributed by atoms with Crippen LogP contribution < -0.4 is 15.8 Å². The standard InChI is InChI=1S/C19H18F2N2O3S/c20-19(21)26-12-8-5-11(6-9-12)7-10-15(24)23-18-16(17(22)25)13-3-1-2-4-14(13)27-18/h5-10,19H,1-4H2,(H2,22,25)(H,23,24)/b10-7+. The van der Waals surface area contributed by atoms with Crippen LogP contribution in [-0.4, -0.2) is 18.4 Å². The molecular weight excluding hydrogens is 374 g/mol. The fourth-order valence-electron chi connectivity index (χ4n) is 3.00. The largest absolute Gasteiger partial charge is 0.435 e. The number of carbonyl (C=O) groups excluding carboxylic acids is 2. The highest BCUT2D eigenvalue weighted by molar-refractivity contribution is 7.17. The molecule has 0 radical (unpaired) electrons. The zero-order valence-corrected chi connectivity index (χ0v) is 15.2. The number of hydrogen-bond donors (Lipinski definition) is 2. The van der Waals surface area contributed by atoms with Gasteiger partial charge in [0.15, 0.2) is 0 Å². The zero-order valence-electron chi connectivity index (χ0n) is 14.3. The van der Waals surface area contributed by atoms with Crippen LogP contribution in [0, 0.1) is 0 Å². The van der Waals surface area contributed by atoms with Gasteiger partial charge in [-0.05, 0) is 55.0 Å². The summed E-state index contributed by atoms with van der Waals surface area (Å²) < 4.78 is 28.5. The topological polar surface area (TPSA) is 81.4 Å². The van der Waals surface area contributed by atoms with Crippen molar-refractivity contribution in [3.63, 3.8) is 0 Å². The molecule has 1 aliphatic carbocycles. The van der Waals surface area contributed by atoms with Gasteiger partial charge < -0.3 is 15.8 Å². The molecule has 1 aromatic heterocycles. The van der Waals surface area contributed by atoms with Crippen molar-refractivity contribution in [1.82, 2.24) is 0 Å². The van der Waals surface area contributed by atoms with Crippen molar-refractivity contribution >= 4 is 34.2 Å². The van der Waals surface area contributed by atoms with Gasteiger partial charge in [-0.15, -0.1) is 11.3 Å². The first kappa shape index (κ1) is 19.0. The first-order chi connectivity index (χ1) is 12.9. The second kappa shape index (κ2) is 8.30. The molecule has 0 fully saturated rings. The number of amides is 2. The molecular formula is C19H18F2N2O3S. The second-order valence-electron chi connectivity index (χ2n) is 6.05. The molecule has 27 heavy (non-hydrogen) atoms. The number of carbonyl (C=O) groups is 2. The Kier molecular flexibility index (Phi) is 5.85. The first-order valence-electron chi connectivity index (χ1n) is 8.42. The maximum atomic E-state index is 12.2. The third-order valence-corrected chi connectivity index (χ3v) is 5.39. The SMILES string of the molecule is NC(=O)c1c(NC(=O)/C=C/c2ccc(OC(F)F)cc2)sc2c1CCCC2. The van der Waals surface area contributed by atoms with Crippen molar-refractivity contribution in [3.8, 4) is 5.75 Å². The smallest absolute Gasteiger partial charge is 0.387 e. The van der Waals surface area contributed by atoms with Crippen molar-refractivity contribution in [2.75, 3.05) is 5.32 Å². The summed E-state index contributed by atoms with van der Waals surface area (Å²) in [4.78, 5) is 25.1. The van der Waals surface area contributed by atoms with Crippen LogP contribution in [0.1, 0.15) is 39.2 Å². The molecule has 3 N–H and O–H groups in total. The minimum atomic E-state index is -2.88. The minimum absolute atomic E-state index is 0.0434. The predicted octanol–water partition coefficient (Wildman–Crippen LogP) is 3.98. The van der Waals surface area contributed by atoms with Gasteiger partial charge in [0.05, 0.1) is 5.56 Å². The summed E-state index contributed by atoms with van der Waals surface area (Å²) in [7, 11) is 0. The number of alkyl halides is 2. The Morgan fingerprint density at radius 2 is 1.89 bits per heavy atom. The third kappa shape index (κ3) is 4.71. The van der Waals surface area contributed by atoms with Crippen molar-refractivity contribution in [1.29, 1.82) is 0 Å². The minimum Gasteiger partial charge on any atom is -0.435 e. The highest BCUT2D eigenvalue weighted by Gasteiger charge is 2.24. The van der Waals surface area contributed by atoms with Crippen LogP contribution in [0.15, 0.2) is 30.3 Å². The molecule has 0 saturated carbocycles. The molecule has 1 heterocycles. The summed E-state index contributed by atoms with van der Waals surface area (Å²) in [6.45, 7) is -2.88. The Hall–Kier alpha value is -2.74. The monoisotopic (exact) mass is 392 g/mol. The van der Waals surface area contributed by atoms with Crippen LogP contribution in [0.5, 0.6) is 5.75 Å². The Labute approximate surface area is 158 Å². The summed E-state index contributed by atoms with van der Waals surface area (Å²) in [5.41, 5.74) is 7.51. The normalized spacial score (nSPS) is 13.6. The molecule has 0 aliphatic heterocycles. The van der Waals surface area contributed by atoms with Gasteiger partial charge in [-0.1, -0.05) is 12.1 Å². The molecule has 0 saturated heterocycles. The van der Waals surface area contributed by atoms with E-state index in [-0.39, 0.29) is 5.75 Å². The Morgan fingerprint density at radius 1 is 1.19 bits per heavy atom. The number of hydrogen-bond acceptors (Lipinski definition) is 4. The number of halogens is 2. The summed E-state index contributed by atoms with van der Waals surface area (Å²) in [6, 6.07) is 5.89. The Morgan fingerprint density at radius 3 is 2.56 bits per heavy atom. The quantitative estimate of drug-likeness (QED) is 0.730. The van der Waals surface area contributed by atoms with Crippen LogP contribution in [-0.2, 0) is 17.6 Å². The number of fused-ring (bicyclic) bond motifs is 1. The number of nitrogens with one attached hydrogen (secondary N) is 1. The summed E-state index contributed by atoms with van der Waals surface area (Å²) in [6.07, 6.45) is 6.60. The second-order valence-corrected chi connectivity index (χ2v) is 7.15. The van der Waals surface area contributed by atoms with Gasteiger partial charge in [0.1, 0.15) is 10.8 Å². The Balaban J connectivity index is 1.70.